The first kappa shape index (κ1) is 16.5. The molecule has 1 aliphatic carbocycles. The normalized spacial score (nSPS) is 23.0. The summed E-state index contributed by atoms with van der Waals surface area (Å²) in [5, 5.41) is 3.44. The first-order chi connectivity index (χ1) is 10.0. The fourth-order valence-electron chi connectivity index (χ4n) is 2.86. The maximum absolute atomic E-state index is 12.3. The quantitative estimate of drug-likeness (QED) is 0.815. The number of amides is 3. The molecule has 2 atom stereocenters. The summed E-state index contributed by atoms with van der Waals surface area (Å²) in [6.07, 6.45) is 6.32. The van der Waals surface area contributed by atoms with Gasteiger partial charge in [0.05, 0.1) is 6.04 Å². The summed E-state index contributed by atoms with van der Waals surface area (Å²) in [4.78, 5) is 27.9. The van der Waals surface area contributed by atoms with Crippen LogP contribution in [0.4, 0.5) is 4.79 Å². The van der Waals surface area contributed by atoms with E-state index in [0.717, 1.165) is 32.2 Å². The molecular formula is C15H27N3O2S. The minimum absolute atomic E-state index is 0.0256. The molecular weight excluding hydrogens is 286 g/mol. The Morgan fingerprint density at radius 1 is 1.38 bits per heavy atom. The van der Waals surface area contributed by atoms with Gasteiger partial charge in [-0.15, -0.1) is 0 Å². The average Bonchev–Trinajstić information content (AvgIpc) is 3.19. The Morgan fingerprint density at radius 2 is 2.10 bits per heavy atom. The number of nitrogens with zero attached hydrogens (tertiary/aromatic N) is 2. The van der Waals surface area contributed by atoms with E-state index in [4.69, 9.17) is 0 Å². The molecule has 0 bridgehead atoms. The van der Waals surface area contributed by atoms with Crippen molar-refractivity contribution in [2.45, 2.75) is 56.9 Å². The van der Waals surface area contributed by atoms with Crippen LogP contribution < -0.4 is 5.32 Å². The van der Waals surface area contributed by atoms with Crippen LogP contribution in [0, 0.1) is 0 Å². The maximum atomic E-state index is 12.3. The summed E-state index contributed by atoms with van der Waals surface area (Å²) in [6, 6.07) is 0.626. The van der Waals surface area contributed by atoms with Crippen LogP contribution in [0.25, 0.3) is 0 Å². The standard InChI is InChI=1S/C15H27N3O2S/c1-11(21-3)9-16-15(20)17-8-4-5-14(17)10-18(12(2)19)13-6-7-13/h11,13-14H,4-10H2,1-3H3,(H,16,20)/t11-,14-/m1/s1. The smallest absolute Gasteiger partial charge is 0.317 e. The fraction of sp³-hybridized carbons (Fsp3) is 0.867. The third kappa shape index (κ3) is 4.53. The highest BCUT2D eigenvalue weighted by Crippen LogP contribution is 2.29. The number of carbonyl (C=O) groups is 2. The molecule has 5 nitrogen and oxygen atoms in total. The van der Waals surface area contributed by atoms with Crippen LogP contribution in [0.15, 0.2) is 0 Å². The van der Waals surface area contributed by atoms with Crippen molar-refractivity contribution in [3.8, 4) is 0 Å². The first-order valence-corrected chi connectivity index (χ1v) is 9.16. The van der Waals surface area contributed by atoms with Crippen LogP contribution >= 0.6 is 11.8 Å². The van der Waals surface area contributed by atoms with Gasteiger partial charge in [0.1, 0.15) is 0 Å². The summed E-state index contributed by atoms with van der Waals surface area (Å²) in [5.41, 5.74) is 0. The predicted molar refractivity (Wildman–Crippen MR) is 86.5 cm³/mol. The van der Waals surface area contributed by atoms with Gasteiger partial charge >= 0.3 is 6.03 Å². The van der Waals surface area contributed by atoms with Crippen LogP contribution in [0.5, 0.6) is 0 Å². The summed E-state index contributed by atoms with van der Waals surface area (Å²) >= 11 is 1.75. The van der Waals surface area contributed by atoms with E-state index in [0.29, 0.717) is 24.4 Å². The molecule has 2 fully saturated rings. The van der Waals surface area contributed by atoms with Gasteiger partial charge in [0, 0.05) is 37.8 Å². The Bertz CT molecular complexity index is 387. The molecule has 1 N–H and O–H groups in total. The Morgan fingerprint density at radius 3 is 2.67 bits per heavy atom. The predicted octanol–water partition coefficient (Wildman–Crippen LogP) is 1.92. The molecule has 120 valence electrons. The molecule has 1 heterocycles. The molecule has 1 saturated heterocycles. The van der Waals surface area contributed by atoms with Crippen LogP contribution in [0.1, 0.15) is 39.5 Å². The first-order valence-electron chi connectivity index (χ1n) is 7.87. The monoisotopic (exact) mass is 313 g/mol. The van der Waals surface area contributed by atoms with Gasteiger partial charge in [-0.1, -0.05) is 6.92 Å². The largest absolute Gasteiger partial charge is 0.338 e. The summed E-state index contributed by atoms with van der Waals surface area (Å²) in [7, 11) is 0. The second-order valence-electron chi connectivity index (χ2n) is 6.12. The third-order valence-corrected chi connectivity index (χ3v) is 5.35. The number of carbonyl (C=O) groups excluding carboxylic acids is 2. The molecule has 0 spiro atoms. The van der Waals surface area contributed by atoms with Gasteiger partial charge in [-0.05, 0) is 31.9 Å². The molecule has 0 aromatic heterocycles. The summed E-state index contributed by atoms with van der Waals surface area (Å²) < 4.78 is 0. The number of hydrogen-bond donors (Lipinski definition) is 1. The van der Waals surface area contributed by atoms with E-state index >= 15 is 0 Å². The molecule has 6 heteroatoms. The van der Waals surface area contributed by atoms with Crippen LogP contribution in [0.3, 0.4) is 0 Å². The topological polar surface area (TPSA) is 52.7 Å². The molecule has 0 aromatic carbocycles. The molecule has 21 heavy (non-hydrogen) atoms. The molecule has 2 rings (SSSR count). The van der Waals surface area contributed by atoms with Crippen LogP contribution in [-0.4, -0.2) is 65.0 Å². The van der Waals surface area contributed by atoms with Crippen molar-refractivity contribution in [2.24, 2.45) is 0 Å². The number of thioether (sulfide) groups is 1. The zero-order chi connectivity index (χ0) is 15.4. The zero-order valence-electron chi connectivity index (χ0n) is 13.3. The van der Waals surface area contributed by atoms with Crippen molar-refractivity contribution < 1.29 is 9.59 Å². The number of urea groups is 1. The van der Waals surface area contributed by atoms with E-state index in [1.807, 2.05) is 9.80 Å². The lowest BCUT2D eigenvalue weighted by Gasteiger charge is -2.30. The second kappa shape index (κ2) is 7.38. The maximum Gasteiger partial charge on any atom is 0.317 e. The highest BCUT2D eigenvalue weighted by molar-refractivity contribution is 7.99. The molecule has 1 aliphatic heterocycles. The van der Waals surface area contributed by atoms with Crippen LogP contribution in [0.2, 0.25) is 0 Å². The van der Waals surface area contributed by atoms with Gasteiger partial charge in [0.25, 0.3) is 0 Å². The highest BCUT2D eigenvalue weighted by atomic mass is 32.2. The average molecular weight is 313 g/mol. The van der Waals surface area contributed by atoms with Crippen molar-refractivity contribution in [1.29, 1.82) is 0 Å². The van der Waals surface area contributed by atoms with Crippen molar-refractivity contribution in [3.05, 3.63) is 0 Å². The lowest BCUT2D eigenvalue weighted by molar-refractivity contribution is -0.130. The SMILES string of the molecule is CS[C@H](C)CNC(=O)N1CCC[C@@H]1CN(C(C)=O)C1CC1. The van der Waals surface area contributed by atoms with E-state index in [9.17, 15) is 9.59 Å². The fourth-order valence-corrected chi connectivity index (χ4v) is 3.11. The minimum atomic E-state index is 0.0256. The Labute approximate surface area is 131 Å². The zero-order valence-corrected chi connectivity index (χ0v) is 14.1. The van der Waals surface area contributed by atoms with Gasteiger partial charge in [0.2, 0.25) is 5.91 Å². The van der Waals surface area contributed by atoms with Gasteiger partial charge in [-0.25, -0.2) is 4.79 Å². The molecule has 2 aliphatic rings. The van der Waals surface area contributed by atoms with Crippen molar-refractivity contribution in [2.75, 3.05) is 25.9 Å². The van der Waals surface area contributed by atoms with Gasteiger partial charge in [-0.3, -0.25) is 4.79 Å². The van der Waals surface area contributed by atoms with Gasteiger partial charge < -0.3 is 15.1 Å². The Hall–Kier alpha value is -0.910. The van der Waals surface area contributed by atoms with E-state index in [-0.39, 0.29) is 18.0 Å². The van der Waals surface area contributed by atoms with Crippen molar-refractivity contribution in [1.82, 2.24) is 15.1 Å². The number of hydrogen-bond acceptors (Lipinski definition) is 3. The van der Waals surface area contributed by atoms with E-state index in [1.54, 1.807) is 18.7 Å². The lowest BCUT2D eigenvalue weighted by atomic mass is 10.2. The number of nitrogens with one attached hydrogen (secondary N) is 1. The third-order valence-electron chi connectivity index (χ3n) is 4.38. The van der Waals surface area contributed by atoms with E-state index < -0.39 is 0 Å². The minimum Gasteiger partial charge on any atom is -0.338 e. The van der Waals surface area contributed by atoms with Crippen LogP contribution in [-0.2, 0) is 4.79 Å². The summed E-state index contributed by atoms with van der Waals surface area (Å²) in [6.45, 7) is 5.95. The molecule has 3 amide bonds. The van der Waals surface area contributed by atoms with Gasteiger partial charge in [0.15, 0.2) is 0 Å². The Balaban J connectivity index is 1.87. The highest BCUT2D eigenvalue weighted by Gasteiger charge is 2.36. The molecule has 0 radical (unpaired) electrons. The van der Waals surface area contributed by atoms with E-state index in [1.165, 1.54) is 0 Å². The van der Waals surface area contributed by atoms with Gasteiger partial charge in [-0.2, -0.15) is 11.8 Å². The molecule has 0 unspecified atom stereocenters. The summed E-state index contributed by atoms with van der Waals surface area (Å²) in [5.74, 6) is 0.140. The van der Waals surface area contributed by atoms with Crippen molar-refractivity contribution >= 4 is 23.7 Å². The molecule has 1 saturated carbocycles. The molecule has 0 aromatic rings. The Kier molecular flexibility index (Phi) is 5.79. The number of likely N-dealkylation sites (tertiary alicyclic amines) is 1. The van der Waals surface area contributed by atoms with E-state index in [2.05, 4.69) is 18.5 Å². The second-order valence-corrected chi connectivity index (χ2v) is 7.40. The number of rotatable bonds is 6. The van der Waals surface area contributed by atoms with Crippen molar-refractivity contribution in [3.63, 3.8) is 0 Å². The lowest BCUT2D eigenvalue weighted by Crippen LogP contribution is -2.49.